The normalized spacial score (nSPS) is 23.7. The summed E-state index contributed by atoms with van der Waals surface area (Å²) >= 11 is 0. The van der Waals surface area contributed by atoms with Crippen molar-refractivity contribution in [3.05, 3.63) is 78.9 Å². The molecule has 0 N–H and O–H groups in total. The van der Waals surface area contributed by atoms with Gasteiger partial charge in [-0.25, -0.2) is 0 Å². The van der Waals surface area contributed by atoms with E-state index in [1.165, 1.54) is 17.0 Å². The first-order valence-corrected chi connectivity index (χ1v) is 8.17. The minimum Gasteiger partial charge on any atom is -0.287 e. The van der Waals surface area contributed by atoms with Crippen LogP contribution in [-0.4, -0.2) is 30.2 Å². The van der Waals surface area contributed by atoms with Gasteiger partial charge < -0.3 is 0 Å². The van der Waals surface area contributed by atoms with Crippen molar-refractivity contribution in [3.63, 3.8) is 0 Å². The summed E-state index contributed by atoms with van der Waals surface area (Å²) in [5.41, 5.74) is 3.80. The molecule has 0 bridgehead atoms. The Labute approximate surface area is 137 Å². The molecule has 0 spiro atoms. The molecule has 3 heteroatoms. The van der Waals surface area contributed by atoms with E-state index in [-0.39, 0.29) is 6.04 Å². The van der Waals surface area contributed by atoms with Gasteiger partial charge in [-0.05, 0) is 17.7 Å². The van der Waals surface area contributed by atoms with E-state index in [0.29, 0.717) is 5.92 Å². The molecule has 0 aromatic heterocycles. The van der Waals surface area contributed by atoms with Gasteiger partial charge in [0.05, 0.1) is 24.0 Å². The molecular formula is C20H21N3. The molecule has 116 valence electrons. The van der Waals surface area contributed by atoms with Crippen molar-refractivity contribution < 1.29 is 0 Å². The van der Waals surface area contributed by atoms with Gasteiger partial charge in [0.1, 0.15) is 0 Å². The lowest BCUT2D eigenvalue weighted by molar-refractivity contribution is 0.294. The number of hydrogen-bond acceptors (Lipinski definition) is 3. The molecule has 2 heterocycles. The molecule has 0 saturated carbocycles. The third-order valence-corrected chi connectivity index (χ3v) is 4.68. The first-order valence-electron chi connectivity index (χ1n) is 8.17. The SMILES string of the molecule is C=CCN1C[C@@H]2CN(c3ccccc3)N=C2[C@@H]1c1ccccc1. The zero-order chi connectivity index (χ0) is 15.6. The first-order chi connectivity index (χ1) is 11.4. The lowest BCUT2D eigenvalue weighted by Crippen LogP contribution is -2.28. The van der Waals surface area contributed by atoms with Crippen LogP contribution in [0.25, 0.3) is 0 Å². The molecule has 0 unspecified atom stereocenters. The maximum absolute atomic E-state index is 4.98. The Morgan fingerprint density at radius 3 is 2.39 bits per heavy atom. The van der Waals surface area contributed by atoms with Crippen LogP contribution in [0.3, 0.4) is 0 Å². The molecule has 1 saturated heterocycles. The summed E-state index contributed by atoms with van der Waals surface area (Å²) in [4.78, 5) is 2.48. The number of nitrogens with zero attached hydrogens (tertiary/aromatic N) is 3. The number of likely N-dealkylation sites (tertiary alicyclic amines) is 1. The van der Waals surface area contributed by atoms with Crippen LogP contribution in [0.15, 0.2) is 78.4 Å². The van der Waals surface area contributed by atoms with Gasteiger partial charge in [0.15, 0.2) is 0 Å². The van der Waals surface area contributed by atoms with E-state index in [4.69, 9.17) is 5.10 Å². The lowest BCUT2D eigenvalue weighted by atomic mass is 9.98. The first kappa shape index (κ1) is 14.2. The molecule has 0 amide bonds. The highest BCUT2D eigenvalue weighted by Gasteiger charge is 2.43. The van der Waals surface area contributed by atoms with Gasteiger partial charge in [-0.3, -0.25) is 9.91 Å². The maximum Gasteiger partial charge on any atom is 0.0761 e. The van der Waals surface area contributed by atoms with Crippen LogP contribution in [-0.2, 0) is 0 Å². The minimum atomic E-state index is 0.271. The maximum atomic E-state index is 4.98. The van der Waals surface area contributed by atoms with Crippen LogP contribution in [0.2, 0.25) is 0 Å². The second-order valence-corrected chi connectivity index (χ2v) is 6.20. The second-order valence-electron chi connectivity index (χ2n) is 6.20. The van der Waals surface area contributed by atoms with Gasteiger partial charge in [0, 0.05) is 19.0 Å². The number of fused-ring (bicyclic) bond motifs is 1. The highest BCUT2D eigenvalue weighted by molar-refractivity contribution is 5.97. The van der Waals surface area contributed by atoms with E-state index in [2.05, 4.69) is 71.1 Å². The second kappa shape index (κ2) is 6.01. The molecule has 0 aliphatic carbocycles. The summed E-state index contributed by atoms with van der Waals surface area (Å²) in [6, 6.07) is 21.4. The zero-order valence-corrected chi connectivity index (χ0v) is 13.2. The predicted octanol–water partition coefficient (Wildman–Crippen LogP) is 3.72. The van der Waals surface area contributed by atoms with E-state index in [1.807, 2.05) is 12.1 Å². The topological polar surface area (TPSA) is 18.8 Å². The Hall–Kier alpha value is -2.39. The monoisotopic (exact) mass is 303 g/mol. The molecule has 1 fully saturated rings. The number of hydrazone groups is 1. The van der Waals surface area contributed by atoms with Crippen LogP contribution in [0, 0.1) is 5.92 Å². The summed E-state index contributed by atoms with van der Waals surface area (Å²) in [5.74, 6) is 0.500. The van der Waals surface area contributed by atoms with E-state index in [0.717, 1.165) is 19.6 Å². The van der Waals surface area contributed by atoms with Crippen LogP contribution < -0.4 is 5.01 Å². The summed E-state index contributed by atoms with van der Waals surface area (Å²) in [7, 11) is 0. The van der Waals surface area contributed by atoms with Crippen LogP contribution >= 0.6 is 0 Å². The number of rotatable bonds is 4. The molecule has 3 nitrogen and oxygen atoms in total. The Kier molecular flexibility index (Phi) is 3.72. The van der Waals surface area contributed by atoms with E-state index in [1.54, 1.807) is 0 Å². The number of anilines is 1. The van der Waals surface area contributed by atoms with Gasteiger partial charge in [-0.15, -0.1) is 6.58 Å². The van der Waals surface area contributed by atoms with Crippen LogP contribution in [0.1, 0.15) is 11.6 Å². The average molecular weight is 303 g/mol. The fourth-order valence-corrected chi connectivity index (χ4v) is 3.69. The lowest BCUT2D eigenvalue weighted by Gasteiger charge is -2.25. The molecule has 23 heavy (non-hydrogen) atoms. The Balaban J connectivity index is 1.69. The predicted molar refractivity (Wildman–Crippen MR) is 95.7 cm³/mol. The Morgan fingerprint density at radius 2 is 1.70 bits per heavy atom. The van der Waals surface area contributed by atoms with Gasteiger partial charge in [0.25, 0.3) is 0 Å². The number of para-hydroxylation sites is 1. The highest BCUT2D eigenvalue weighted by atomic mass is 15.5. The van der Waals surface area contributed by atoms with Gasteiger partial charge >= 0.3 is 0 Å². The fourth-order valence-electron chi connectivity index (χ4n) is 3.69. The summed E-state index contributed by atoms with van der Waals surface area (Å²) in [6.07, 6.45) is 1.99. The molecule has 2 aliphatic heterocycles. The van der Waals surface area contributed by atoms with Crippen molar-refractivity contribution in [2.75, 3.05) is 24.6 Å². The molecule has 2 atom stereocenters. The van der Waals surface area contributed by atoms with E-state index in [9.17, 15) is 0 Å². The molecular weight excluding hydrogens is 282 g/mol. The highest BCUT2D eigenvalue weighted by Crippen LogP contribution is 2.38. The van der Waals surface area contributed by atoms with Gasteiger partial charge in [-0.2, -0.15) is 5.10 Å². The number of hydrogen-bond donors (Lipinski definition) is 0. The fraction of sp³-hybridized carbons (Fsp3) is 0.250. The van der Waals surface area contributed by atoms with Crippen molar-refractivity contribution in [1.82, 2.24) is 4.90 Å². The Bertz CT molecular complexity index is 708. The molecule has 0 radical (unpaired) electrons. The largest absolute Gasteiger partial charge is 0.287 e. The van der Waals surface area contributed by atoms with Crippen molar-refractivity contribution in [2.24, 2.45) is 11.0 Å². The number of benzene rings is 2. The van der Waals surface area contributed by atoms with Crippen molar-refractivity contribution in [3.8, 4) is 0 Å². The molecule has 2 aromatic rings. The summed E-state index contributed by atoms with van der Waals surface area (Å²) < 4.78 is 0. The molecule has 2 aromatic carbocycles. The van der Waals surface area contributed by atoms with Crippen LogP contribution in [0.4, 0.5) is 5.69 Å². The third-order valence-electron chi connectivity index (χ3n) is 4.68. The quantitative estimate of drug-likeness (QED) is 0.802. The molecule has 4 rings (SSSR count). The van der Waals surface area contributed by atoms with Crippen molar-refractivity contribution in [2.45, 2.75) is 6.04 Å². The minimum absolute atomic E-state index is 0.271. The average Bonchev–Trinajstić information content (AvgIpc) is 3.14. The zero-order valence-electron chi connectivity index (χ0n) is 13.2. The molecule has 2 aliphatic rings. The van der Waals surface area contributed by atoms with E-state index >= 15 is 0 Å². The van der Waals surface area contributed by atoms with E-state index < -0.39 is 0 Å². The Morgan fingerprint density at radius 1 is 1.00 bits per heavy atom. The smallest absolute Gasteiger partial charge is 0.0761 e. The van der Waals surface area contributed by atoms with Crippen LogP contribution in [0.5, 0.6) is 0 Å². The summed E-state index contributed by atoms with van der Waals surface area (Å²) in [6.45, 7) is 6.84. The van der Waals surface area contributed by atoms with Crippen molar-refractivity contribution in [1.29, 1.82) is 0 Å². The van der Waals surface area contributed by atoms with Gasteiger partial charge in [0.2, 0.25) is 0 Å². The summed E-state index contributed by atoms with van der Waals surface area (Å²) in [5, 5.41) is 7.14. The third kappa shape index (κ3) is 2.57. The van der Waals surface area contributed by atoms with Gasteiger partial charge in [-0.1, -0.05) is 54.6 Å². The standard InChI is InChI=1S/C20H21N3/c1-2-13-22-14-17-15-23(18-11-7-4-8-12-18)21-19(17)20(22)16-9-5-3-6-10-16/h2-12,17,20H,1,13-15H2/t17-,20+/m1/s1. The van der Waals surface area contributed by atoms with Crippen molar-refractivity contribution >= 4 is 11.4 Å².